The Bertz CT molecular complexity index is 299. The van der Waals surface area contributed by atoms with Gasteiger partial charge in [-0.25, -0.2) is 0 Å². The van der Waals surface area contributed by atoms with Gasteiger partial charge >= 0.3 is 0 Å². The molecule has 0 aliphatic carbocycles. The highest BCUT2D eigenvalue weighted by Gasteiger charge is 2.04. The molecule has 0 spiro atoms. The summed E-state index contributed by atoms with van der Waals surface area (Å²) < 4.78 is 5.69. The average molecular weight is 221 g/mol. The molecule has 1 atom stereocenters. The number of hydrogen-bond acceptors (Lipinski definition) is 2. The van der Waals surface area contributed by atoms with Gasteiger partial charge in [0.05, 0.1) is 6.61 Å². The van der Waals surface area contributed by atoms with Crippen LogP contribution in [0.4, 0.5) is 0 Å². The van der Waals surface area contributed by atoms with Crippen LogP contribution >= 0.6 is 0 Å². The first-order valence-corrected chi connectivity index (χ1v) is 6.24. The third-order valence-electron chi connectivity index (χ3n) is 2.64. The van der Waals surface area contributed by atoms with Crippen LogP contribution in [0.3, 0.4) is 0 Å². The van der Waals surface area contributed by atoms with E-state index in [9.17, 15) is 0 Å². The summed E-state index contributed by atoms with van der Waals surface area (Å²) in [7, 11) is 0. The van der Waals surface area contributed by atoms with Crippen LogP contribution in [0.5, 0.6) is 5.75 Å². The fourth-order valence-corrected chi connectivity index (χ4v) is 1.63. The van der Waals surface area contributed by atoms with Gasteiger partial charge in [-0.2, -0.15) is 0 Å². The molecule has 1 aromatic rings. The molecular formula is C14H23NO. The van der Waals surface area contributed by atoms with Crippen molar-refractivity contribution in [3.05, 3.63) is 29.8 Å². The zero-order chi connectivity index (χ0) is 11.8. The van der Waals surface area contributed by atoms with E-state index >= 15 is 0 Å². The van der Waals surface area contributed by atoms with Crippen molar-refractivity contribution in [1.82, 2.24) is 5.32 Å². The quantitative estimate of drug-likeness (QED) is 0.711. The van der Waals surface area contributed by atoms with Gasteiger partial charge in [0, 0.05) is 6.04 Å². The molecule has 0 saturated heterocycles. The molecule has 1 rings (SSSR count). The van der Waals surface area contributed by atoms with E-state index in [0.29, 0.717) is 6.04 Å². The van der Waals surface area contributed by atoms with Gasteiger partial charge in [0.15, 0.2) is 0 Å². The Labute approximate surface area is 99.0 Å². The molecule has 1 aromatic carbocycles. The van der Waals surface area contributed by atoms with Gasteiger partial charge < -0.3 is 10.1 Å². The van der Waals surface area contributed by atoms with Crippen molar-refractivity contribution in [3.8, 4) is 5.75 Å². The van der Waals surface area contributed by atoms with Gasteiger partial charge in [0.1, 0.15) is 5.75 Å². The molecule has 0 amide bonds. The summed E-state index contributed by atoms with van der Waals surface area (Å²) in [6.07, 6.45) is 2.29. The largest absolute Gasteiger partial charge is 0.494 e. The Kier molecular flexibility index (Phi) is 5.94. The molecule has 0 unspecified atom stereocenters. The number of ether oxygens (including phenoxy) is 1. The molecule has 0 aliphatic heterocycles. The number of nitrogens with one attached hydrogen (secondary N) is 1. The first kappa shape index (κ1) is 13.0. The van der Waals surface area contributed by atoms with Crippen molar-refractivity contribution in [2.24, 2.45) is 0 Å². The van der Waals surface area contributed by atoms with E-state index < -0.39 is 0 Å². The third kappa shape index (κ3) is 4.23. The summed E-state index contributed by atoms with van der Waals surface area (Å²) in [6, 6.07) is 8.74. The Morgan fingerprint density at radius 3 is 2.81 bits per heavy atom. The van der Waals surface area contributed by atoms with Crippen LogP contribution in [0.15, 0.2) is 24.3 Å². The predicted molar refractivity (Wildman–Crippen MR) is 68.9 cm³/mol. The molecule has 90 valence electrons. The van der Waals surface area contributed by atoms with Gasteiger partial charge in [-0.15, -0.1) is 0 Å². The highest BCUT2D eigenvalue weighted by Crippen LogP contribution is 2.19. The Balaban J connectivity index is 2.56. The SMILES string of the molecule is CCCCOc1cccc([C@H](C)NCC)c1. The van der Waals surface area contributed by atoms with E-state index in [1.54, 1.807) is 0 Å². The second kappa shape index (κ2) is 7.29. The highest BCUT2D eigenvalue weighted by atomic mass is 16.5. The maximum atomic E-state index is 5.69. The number of benzene rings is 1. The van der Waals surface area contributed by atoms with Gasteiger partial charge in [-0.1, -0.05) is 32.4 Å². The Morgan fingerprint density at radius 2 is 2.12 bits per heavy atom. The molecule has 0 bridgehead atoms. The zero-order valence-corrected chi connectivity index (χ0v) is 10.6. The maximum Gasteiger partial charge on any atom is 0.119 e. The lowest BCUT2D eigenvalue weighted by Gasteiger charge is -2.14. The van der Waals surface area contributed by atoms with Crippen molar-refractivity contribution >= 4 is 0 Å². The van der Waals surface area contributed by atoms with Crippen LogP contribution in [0, 0.1) is 0 Å². The summed E-state index contributed by atoms with van der Waals surface area (Å²) in [5.74, 6) is 0.982. The number of hydrogen-bond donors (Lipinski definition) is 1. The smallest absolute Gasteiger partial charge is 0.119 e. The van der Waals surface area contributed by atoms with E-state index in [2.05, 4.69) is 44.3 Å². The molecule has 0 aliphatic rings. The average Bonchev–Trinajstić information content (AvgIpc) is 2.30. The first-order chi connectivity index (χ1) is 7.77. The summed E-state index contributed by atoms with van der Waals surface area (Å²) in [6.45, 7) is 8.28. The molecular weight excluding hydrogens is 198 g/mol. The molecule has 2 nitrogen and oxygen atoms in total. The van der Waals surface area contributed by atoms with Crippen molar-refractivity contribution in [1.29, 1.82) is 0 Å². The Morgan fingerprint density at radius 1 is 1.31 bits per heavy atom. The van der Waals surface area contributed by atoms with Gasteiger partial charge in [-0.3, -0.25) is 0 Å². The molecule has 0 fully saturated rings. The standard InChI is InChI=1S/C14H23NO/c1-4-6-10-16-14-9-7-8-13(11-14)12(3)15-5-2/h7-9,11-12,15H,4-6,10H2,1-3H3/t12-/m0/s1. The van der Waals surface area contributed by atoms with Crippen molar-refractivity contribution < 1.29 is 4.74 Å². The summed E-state index contributed by atoms with van der Waals surface area (Å²) in [4.78, 5) is 0. The minimum Gasteiger partial charge on any atom is -0.494 e. The fraction of sp³-hybridized carbons (Fsp3) is 0.571. The van der Waals surface area contributed by atoms with Gasteiger partial charge in [0.25, 0.3) is 0 Å². The Hall–Kier alpha value is -1.02. The second-order valence-electron chi connectivity index (χ2n) is 4.05. The molecule has 1 N–H and O–H groups in total. The van der Waals surface area contributed by atoms with E-state index in [1.165, 1.54) is 12.0 Å². The molecule has 0 radical (unpaired) electrons. The summed E-state index contributed by atoms with van der Waals surface area (Å²) >= 11 is 0. The minimum absolute atomic E-state index is 0.389. The van der Waals surface area contributed by atoms with Gasteiger partial charge in [-0.05, 0) is 37.6 Å². The summed E-state index contributed by atoms with van der Waals surface area (Å²) in [5.41, 5.74) is 1.29. The lowest BCUT2D eigenvalue weighted by Crippen LogP contribution is -2.17. The maximum absolute atomic E-state index is 5.69. The topological polar surface area (TPSA) is 21.3 Å². The molecule has 2 heteroatoms. The highest BCUT2D eigenvalue weighted by molar-refractivity contribution is 5.30. The van der Waals surface area contributed by atoms with E-state index in [-0.39, 0.29) is 0 Å². The van der Waals surface area contributed by atoms with E-state index in [1.807, 2.05) is 6.07 Å². The monoisotopic (exact) mass is 221 g/mol. The molecule has 16 heavy (non-hydrogen) atoms. The fourth-order valence-electron chi connectivity index (χ4n) is 1.63. The second-order valence-corrected chi connectivity index (χ2v) is 4.05. The van der Waals surface area contributed by atoms with Crippen LogP contribution in [0.25, 0.3) is 0 Å². The van der Waals surface area contributed by atoms with Crippen molar-refractivity contribution in [3.63, 3.8) is 0 Å². The first-order valence-electron chi connectivity index (χ1n) is 6.24. The molecule has 0 saturated carbocycles. The third-order valence-corrected chi connectivity index (χ3v) is 2.64. The van der Waals surface area contributed by atoms with Crippen molar-refractivity contribution in [2.45, 2.75) is 39.7 Å². The minimum atomic E-state index is 0.389. The number of unbranched alkanes of at least 4 members (excludes halogenated alkanes) is 1. The molecule has 0 aromatic heterocycles. The van der Waals surface area contributed by atoms with Crippen LogP contribution in [0.1, 0.15) is 45.2 Å². The van der Waals surface area contributed by atoms with E-state index in [4.69, 9.17) is 4.74 Å². The lowest BCUT2D eigenvalue weighted by atomic mass is 10.1. The van der Waals surface area contributed by atoms with E-state index in [0.717, 1.165) is 25.3 Å². The van der Waals surface area contributed by atoms with Crippen LogP contribution in [-0.4, -0.2) is 13.2 Å². The van der Waals surface area contributed by atoms with Crippen LogP contribution < -0.4 is 10.1 Å². The lowest BCUT2D eigenvalue weighted by molar-refractivity contribution is 0.309. The van der Waals surface area contributed by atoms with Crippen molar-refractivity contribution in [2.75, 3.05) is 13.2 Å². The normalized spacial score (nSPS) is 12.4. The molecule has 0 heterocycles. The van der Waals surface area contributed by atoms with Crippen LogP contribution in [-0.2, 0) is 0 Å². The van der Waals surface area contributed by atoms with Crippen LogP contribution in [0.2, 0.25) is 0 Å². The summed E-state index contributed by atoms with van der Waals surface area (Å²) in [5, 5.41) is 3.40. The zero-order valence-electron chi connectivity index (χ0n) is 10.6. The van der Waals surface area contributed by atoms with Gasteiger partial charge in [0.2, 0.25) is 0 Å². The number of rotatable bonds is 7. The predicted octanol–water partition coefficient (Wildman–Crippen LogP) is 3.54.